The lowest BCUT2D eigenvalue weighted by Crippen LogP contribution is -2.37. The number of piperidine rings is 1. The van der Waals surface area contributed by atoms with Crippen LogP contribution in [0.3, 0.4) is 0 Å². The van der Waals surface area contributed by atoms with E-state index in [1.165, 1.54) is 16.5 Å². The highest BCUT2D eigenvalue weighted by molar-refractivity contribution is 5.83. The third-order valence-corrected chi connectivity index (χ3v) is 5.88. The maximum atomic E-state index is 10.6. The zero-order chi connectivity index (χ0) is 18.1. The first-order chi connectivity index (χ1) is 12.6. The molecule has 3 heterocycles. The van der Waals surface area contributed by atoms with E-state index in [-0.39, 0.29) is 0 Å². The zero-order valence-electron chi connectivity index (χ0n) is 15.7. The van der Waals surface area contributed by atoms with E-state index >= 15 is 0 Å². The summed E-state index contributed by atoms with van der Waals surface area (Å²) in [6, 6.07) is 8.63. The van der Waals surface area contributed by atoms with E-state index in [2.05, 4.69) is 52.0 Å². The second-order valence-corrected chi connectivity index (χ2v) is 7.55. The van der Waals surface area contributed by atoms with Gasteiger partial charge in [0.15, 0.2) is 0 Å². The molecule has 0 saturated carbocycles. The van der Waals surface area contributed by atoms with Crippen LogP contribution in [0.4, 0.5) is 0 Å². The minimum Gasteiger partial charge on any atom is -0.385 e. The van der Waals surface area contributed by atoms with Gasteiger partial charge >= 0.3 is 0 Å². The summed E-state index contributed by atoms with van der Waals surface area (Å²) in [5.74, 6) is 1.10. The van der Waals surface area contributed by atoms with Crippen LogP contribution in [0.1, 0.15) is 30.3 Å². The first kappa shape index (κ1) is 17.3. The molecule has 4 rings (SSSR count). The molecular weight excluding hydrogens is 324 g/mol. The normalized spacial score (nSPS) is 17.8. The van der Waals surface area contributed by atoms with Gasteiger partial charge in [-0.3, -0.25) is 0 Å². The topological polar surface area (TPSA) is 46.2 Å². The summed E-state index contributed by atoms with van der Waals surface area (Å²) in [5, 5.41) is 12.0. The lowest BCUT2D eigenvalue weighted by molar-refractivity contribution is 0.0515. The SMILES string of the molecule is Cn1ccnc1C(O)C1CCN(CCc2cn(C)c3ccccc23)CC1. The van der Waals surface area contributed by atoms with Crippen molar-refractivity contribution >= 4 is 10.9 Å². The number of likely N-dealkylation sites (tertiary alicyclic amines) is 1. The monoisotopic (exact) mass is 352 g/mol. The van der Waals surface area contributed by atoms with Gasteiger partial charge in [-0.1, -0.05) is 18.2 Å². The Morgan fingerprint density at radius 2 is 1.92 bits per heavy atom. The van der Waals surface area contributed by atoms with E-state index in [0.29, 0.717) is 5.92 Å². The fourth-order valence-corrected chi connectivity index (χ4v) is 4.27. The van der Waals surface area contributed by atoms with Crippen LogP contribution < -0.4 is 0 Å². The molecule has 1 atom stereocenters. The summed E-state index contributed by atoms with van der Waals surface area (Å²) in [7, 11) is 4.07. The predicted molar refractivity (Wildman–Crippen MR) is 104 cm³/mol. The van der Waals surface area contributed by atoms with Crippen molar-refractivity contribution in [2.24, 2.45) is 20.0 Å². The van der Waals surface area contributed by atoms with E-state index in [1.807, 2.05) is 17.8 Å². The first-order valence-corrected chi connectivity index (χ1v) is 9.54. The number of benzene rings is 1. The molecule has 1 aromatic carbocycles. The number of fused-ring (bicyclic) bond motifs is 1. The van der Waals surface area contributed by atoms with Crippen LogP contribution in [0.25, 0.3) is 10.9 Å². The van der Waals surface area contributed by atoms with Gasteiger partial charge in [0.25, 0.3) is 0 Å². The van der Waals surface area contributed by atoms with Crippen molar-refractivity contribution in [2.45, 2.75) is 25.4 Å². The van der Waals surface area contributed by atoms with Crippen molar-refractivity contribution in [3.8, 4) is 0 Å². The van der Waals surface area contributed by atoms with Crippen molar-refractivity contribution in [2.75, 3.05) is 19.6 Å². The molecule has 1 fully saturated rings. The van der Waals surface area contributed by atoms with Crippen LogP contribution >= 0.6 is 0 Å². The molecule has 26 heavy (non-hydrogen) atoms. The molecule has 1 aliphatic rings. The Kier molecular flexibility index (Phi) is 4.83. The van der Waals surface area contributed by atoms with Crippen molar-refractivity contribution in [1.29, 1.82) is 0 Å². The van der Waals surface area contributed by atoms with E-state index in [4.69, 9.17) is 0 Å². The molecule has 0 bridgehead atoms. The summed E-state index contributed by atoms with van der Waals surface area (Å²) in [6.07, 6.45) is 8.62. The molecule has 3 aromatic rings. The largest absolute Gasteiger partial charge is 0.385 e. The van der Waals surface area contributed by atoms with Gasteiger partial charge in [-0.25, -0.2) is 4.98 Å². The van der Waals surface area contributed by atoms with E-state index in [0.717, 1.165) is 44.7 Å². The van der Waals surface area contributed by atoms with Gasteiger partial charge in [0.05, 0.1) is 0 Å². The minimum absolute atomic E-state index is 0.310. The Balaban J connectivity index is 1.33. The molecule has 0 amide bonds. The molecule has 0 aliphatic carbocycles. The standard InChI is InChI=1S/C21H28N4O/c1-23-14-10-22-21(23)20(26)16-7-11-25(12-8-16)13-9-17-15-24(2)19-6-4-3-5-18(17)19/h3-6,10,14-16,20,26H,7-9,11-13H2,1-2H3. The number of rotatable bonds is 5. The number of para-hydroxylation sites is 1. The van der Waals surface area contributed by atoms with Gasteiger partial charge < -0.3 is 19.1 Å². The van der Waals surface area contributed by atoms with Gasteiger partial charge in [0.2, 0.25) is 0 Å². The quantitative estimate of drug-likeness (QED) is 0.768. The number of aryl methyl sites for hydroxylation is 2. The Bertz CT molecular complexity index is 873. The second-order valence-electron chi connectivity index (χ2n) is 7.55. The molecule has 1 aliphatic heterocycles. The summed E-state index contributed by atoms with van der Waals surface area (Å²) >= 11 is 0. The van der Waals surface area contributed by atoms with E-state index in [1.54, 1.807) is 6.20 Å². The van der Waals surface area contributed by atoms with E-state index in [9.17, 15) is 5.11 Å². The third kappa shape index (κ3) is 3.29. The van der Waals surface area contributed by atoms with Crippen LogP contribution in [0.2, 0.25) is 0 Å². The Labute approximate surface area is 154 Å². The molecular formula is C21H28N4O. The molecule has 5 nitrogen and oxygen atoms in total. The molecule has 1 saturated heterocycles. The molecule has 2 aromatic heterocycles. The lowest BCUT2D eigenvalue weighted by Gasteiger charge is -2.34. The average molecular weight is 352 g/mol. The van der Waals surface area contributed by atoms with Crippen molar-refractivity contribution in [1.82, 2.24) is 19.0 Å². The van der Waals surface area contributed by atoms with Crippen molar-refractivity contribution in [3.63, 3.8) is 0 Å². The minimum atomic E-state index is -0.449. The van der Waals surface area contributed by atoms with Gasteiger partial charge in [-0.05, 0) is 49.9 Å². The molecule has 138 valence electrons. The zero-order valence-corrected chi connectivity index (χ0v) is 15.7. The lowest BCUT2D eigenvalue weighted by atomic mass is 9.90. The van der Waals surface area contributed by atoms with Gasteiger partial charge in [0.1, 0.15) is 11.9 Å². The summed E-state index contributed by atoms with van der Waals surface area (Å²) in [5.41, 5.74) is 2.73. The Hall–Kier alpha value is -2.11. The Morgan fingerprint density at radius 3 is 2.65 bits per heavy atom. The predicted octanol–water partition coefficient (Wildman–Crippen LogP) is 2.90. The molecule has 1 N–H and O–H groups in total. The molecule has 5 heteroatoms. The van der Waals surface area contributed by atoms with E-state index < -0.39 is 6.10 Å². The number of aromatic nitrogens is 3. The number of nitrogens with zero attached hydrogens (tertiary/aromatic N) is 4. The number of hydrogen-bond donors (Lipinski definition) is 1. The maximum Gasteiger partial charge on any atom is 0.137 e. The van der Waals surface area contributed by atoms with Gasteiger partial charge in [-0.15, -0.1) is 0 Å². The fourth-order valence-electron chi connectivity index (χ4n) is 4.27. The van der Waals surface area contributed by atoms with Crippen molar-refractivity contribution in [3.05, 3.63) is 54.2 Å². The third-order valence-electron chi connectivity index (χ3n) is 5.88. The second kappa shape index (κ2) is 7.25. The van der Waals surface area contributed by atoms with Gasteiger partial charge in [-0.2, -0.15) is 0 Å². The molecule has 1 unspecified atom stereocenters. The molecule has 0 radical (unpaired) electrons. The summed E-state index contributed by atoms with van der Waals surface area (Å²) < 4.78 is 4.15. The van der Waals surface area contributed by atoms with Crippen molar-refractivity contribution < 1.29 is 5.11 Å². The molecule has 0 spiro atoms. The highest BCUT2D eigenvalue weighted by Crippen LogP contribution is 2.30. The first-order valence-electron chi connectivity index (χ1n) is 9.54. The van der Waals surface area contributed by atoms with Crippen LogP contribution in [0.5, 0.6) is 0 Å². The fraction of sp³-hybridized carbons (Fsp3) is 0.476. The maximum absolute atomic E-state index is 10.6. The summed E-state index contributed by atoms with van der Waals surface area (Å²) in [6.45, 7) is 3.19. The average Bonchev–Trinajstić information content (AvgIpc) is 3.24. The smallest absolute Gasteiger partial charge is 0.137 e. The van der Waals surface area contributed by atoms with Crippen LogP contribution in [0, 0.1) is 5.92 Å². The van der Waals surface area contributed by atoms with Crippen LogP contribution in [-0.4, -0.2) is 43.8 Å². The number of aliphatic hydroxyl groups excluding tert-OH is 1. The highest BCUT2D eigenvalue weighted by atomic mass is 16.3. The Morgan fingerprint density at radius 1 is 1.15 bits per heavy atom. The highest BCUT2D eigenvalue weighted by Gasteiger charge is 2.28. The number of imidazole rings is 1. The van der Waals surface area contributed by atoms with Gasteiger partial charge in [0, 0.05) is 50.1 Å². The van der Waals surface area contributed by atoms with Crippen LogP contribution in [-0.2, 0) is 20.5 Å². The van der Waals surface area contributed by atoms with Crippen LogP contribution in [0.15, 0.2) is 42.9 Å². The summed E-state index contributed by atoms with van der Waals surface area (Å²) in [4.78, 5) is 6.85. The number of aliphatic hydroxyl groups is 1. The number of hydrogen-bond acceptors (Lipinski definition) is 3.